The van der Waals surface area contributed by atoms with Crippen LogP contribution in [0.2, 0.25) is 5.02 Å². The summed E-state index contributed by atoms with van der Waals surface area (Å²) in [5.74, 6) is -1.47. The summed E-state index contributed by atoms with van der Waals surface area (Å²) >= 11 is 6.22. The number of benzene rings is 1. The monoisotopic (exact) mass is 588 g/mol. The number of methoxy groups -OCH3 is 1. The Morgan fingerprint density at radius 1 is 1.20 bits per heavy atom. The number of H-pyrrole nitrogens is 1. The summed E-state index contributed by atoms with van der Waals surface area (Å²) in [6.07, 6.45) is -0.777. The second-order valence-corrected chi connectivity index (χ2v) is 9.89. The average Bonchev–Trinajstić information content (AvgIpc) is 3.35. The number of aromatic amines is 1. The number of anilines is 2. The summed E-state index contributed by atoms with van der Waals surface area (Å²) in [4.78, 5) is 18.7. The third-order valence-corrected chi connectivity index (χ3v) is 7.36. The van der Waals surface area contributed by atoms with E-state index in [1.54, 1.807) is 11.8 Å². The fourth-order valence-electron chi connectivity index (χ4n) is 5.20. The summed E-state index contributed by atoms with van der Waals surface area (Å²) in [6, 6.07) is 1.26. The van der Waals surface area contributed by atoms with Crippen LogP contribution < -0.4 is 20.1 Å². The molecule has 3 N–H and O–H groups in total. The molecule has 0 saturated carbocycles. The van der Waals surface area contributed by atoms with Crippen LogP contribution in [0.1, 0.15) is 37.4 Å². The molecule has 6 rings (SSSR count). The van der Waals surface area contributed by atoms with Gasteiger partial charge in [-0.05, 0) is 26.0 Å². The summed E-state index contributed by atoms with van der Waals surface area (Å²) in [7, 11) is 1.30. The van der Waals surface area contributed by atoms with Crippen molar-refractivity contribution in [2.75, 3.05) is 24.4 Å². The molecule has 41 heavy (non-hydrogen) atoms. The van der Waals surface area contributed by atoms with E-state index in [0.29, 0.717) is 11.1 Å². The van der Waals surface area contributed by atoms with E-state index in [1.807, 2.05) is 6.92 Å². The Balaban J connectivity index is 1.67. The van der Waals surface area contributed by atoms with E-state index in [1.165, 1.54) is 25.4 Å². The summed E-state index contributed by atoms with van der Waals surface area (Å²) in [5, 5.41) is 6.52. The third-order valence-electron chi connectivity index (χ3n) is 7.05. The van der Waals surface area contributed by atoms with E-state index in [4.69, 9.17) is 26.8 Å². The first-order chi connectivity index (χ1) is 19.6. The largest absolute Gasteiger partial charge is 0.475 e. The highest BCUT2D eigenvalue weighted by Crippen LogP contribution is 2.46. The molecule has 1 aromatic carbocycles. The van der Waals surface area contributed by atoms with Crippen molar-refractivity contribution in [1.29, 1.82) is 0 Å². The predicted octanol–water partition coefficient (Wildman–Crippen LogP) is 5.77. The molecule has 0 bridgehead atoms. The number of nitrogens with one attached hydrogen (secondary N) is 1. The Bertz CT molecular complexity index is 1840. The van der Waals surface area contributed by atoms with Crippen molar-refractivity contribution in [2.24, 2.45) is 0 Å². The minimum atomic E-state index is -3.06. The molecule has 5 heterocycles. The number of aromatic nitrogens is 6. The molecule has 2 atom stereocenters. The van der Waals surface area contributed by atoms with Gasteiger partial charge < -0.3 is 20.1 Å². The molecule has 1 aliphatic heterocycles. The standard InChI is InChI=1S/C26H21ClF4N8O2/c1-9-8-41-25-18-21(19(29)20(35-25)16-13-7-34-38-15(13)5-14(27)17(16)22(30)31)36-26(40-3)37-24(18)39(9)10(2)12-4-11(28)6-33-23(12)32/h4-7,9-10,22H,8H2,1-3H3,(H2,32,33)(H,34,38)/t9-,10?/m0/s1. The van der Waals surface area contributed by atoms with Crippen molar-refractivity contribution in [1.82, 2.24) is 30.1 Å². The van der Waals surface area contributed by atoms with Crippen molar-refractivity contribution < 1.29 is 27.0 Å². The molecule has 212 valence electrons. The van der Waals surface area contributed by atoms with Crippen LogP contribution in [0, 0.1) is 11.6 Å². The van der Waals surface area contributed by atoms with Crippen LogP contribution in [0.5, 0.6) is 11.9 Å². The van der Waals surface area contributed by atoms with Crippen LogP contribution in [0.4, 0.5) is 29.2 Å². The molecular formula is C26H21ClF4N8O2. The lowest BCUT2D eigenvalue weighted by Gasteiger charge is -2.34. The number of halogens is 5. The normalized spacial score (nSPS) is 15.8. The number of nitrogen functional groups attached to an aromatic ring is 1. The number of ether oxygens (including phenoxy) is 2. The van der Waals surface area contributed by atoms with Gasteiger partial charge in [0.05, 0.1) is 42.1 Å². The van der Waals surface area contributed by atoms with Crippen LogP contribution in [0.15, 0.2) is 24.5 Å². The zero-order chi connectivity index (χ0) is 29.2. The molecule has 10 nitrogen and oxygen atoms in total. The van der Waals surface area contributed by atoms with Gasteiger partial charge >= 0.3 is 6.01 Å². The number of hydrogen-bond acceptors (Lipinski definition) is 9. The van der Waals surface area contributed by atoms with Gasteiger partial charge in [0, 0.05) is 22.1 Å². The first-order valence-corrected chi connectivity index (χ1v) is 12.7. The summed E-state index contributed by atoms with van der Waals surface area (Å²) in [5.41, 5.74) is 5.12. The van der Waals surface area contributed by atoms with Crippen LogP contribution >= 0.6 is 11.6 Å². The Hall–Kier alpha value is -4.46. The van der Waals surface area contributed by atoms with Gasteiger partial charge in [-0.3, -0.25) is 5.10 Å². The lowest BCUT2D eigenvalue weighted by atomic mass is 9.98. The second-order valence-electron chi connectivity index (χ2n) is 9.49. The maximum Gasteiger partial charge on any atom is 0.318 e. The van der Waals surface area contributed by atoms with Gasteiger partial charge in [-0.2, -0.15) is 15.1 Å². The van der Waals surface area contributed by atoms with E-state index in [9.17, 15) is 13.2 Å². The maximum atomic E-state index is 16.5. The Morgan fingerprint density at radius 3 is 2.71 bits per heavy atom. The number of fused-ring (bicyclic) bond motifs is 1. The molecular weight excluding hydrogens is 568 g/mol. The minimum absolute atomic E-state index is 0.0111. The van der Waals surface area contributed by atoms with E-state index in [-0.39, 0.29) is 57.0 Å². The second kappa shape index (κ2) is 9.87. The molecule has 15 heteroatoms. The maximum absolute atomic E-state index is 16.5. The molecule has 0 saturated heterocycles. The van der Waals surface area contributed by atoms with Gasteiger partial charge in [0.25, 0.3) is 6.43 Å². The highest BCUT2D eigenvalue weighted by Gasteiger charge is 2.35. The van der Waals surface area contributed by atoms with E-state index in [0.717, 1.165) is 6.20 Å². The Labute approximate surface area is 234 Å². The number of nitrogens with zero attached hydrogens (tertiary/aromatic N) is 6. The van der Waals surface area contributed by atoms with Gasteiger partial charge in [0.2, 0.25) is 5.88 Å². The molecule has 0 amide bonds. The van der Waals surface area contributed by atoms with Crippen molar-refractivity contribution in [2.45, 2.75) is 32.4 Å². The summed E-state index contributed by atoms with van der Waals surface area (Å²) < 4.78 is 70.6. The SMILES string of the molecule is COc1nc2c3c(nc(-c4c(C(F)F)c(Cl)cc5[nH]ncc45)c(F)c3n1)OC[C@H](C)N2C(C)c1cc(F)cnc1N. The Morgan fingerprint density at radius 2 is 1.98 bits per heavy atom. The Kier molecular flexibility index (Phi) is 6.44. The fourth-order valence-corrected chi connectivity index (χ4v) is 5.48. The van der Waals surface area contributed by atoms with Gasteiger partial charge in [-0.25, -0.2) is 27.5 Å². The van der Waals surface area contributed by atoms with Crippen LogP contribution in [0.25, 0.3) is 33.1 Å². The zero-order valence-corrected chi connectivity index (χ0v) is 22.5. The average molecular weight is 589 g/mol. The highest BCUT2D eigenvalue weighted by atomic mass is 35.5. The van der Waals surface area contributed by atoms with Gasteiger partial charge in [0.15, 0.2) is 5.82 Å². The molecule has 0 spiro atoms. The lowest BCUT2D eigenvalue weighted by Crippen LogP contribution is -2.39. The van der Waals surface area contributed by atoms with Gasteiger partial charge in [-0.1, -0.05) is 11.6 Å². The molecule has 5 aromatic rings. The van der Waals surface area contributed by atoms with E-state index >= 15 is 4.39 Å². The fraction of sp³-hybridized carbons (Fsp3) is 0.269. The highest BCUT2D eigenvalue weighted by molar-refractivity contribution is 6.33. The van der Waals surface area contributed by atoms with Crippen LogP contribution in [-0.2, 0) is 0 Å². The van der Waals surface area contributed by atoms with Gasteiger partial charge in [0.1, 0.15) is 40.7 Å². The predicted molar refractivity (Wildman–Crippen MR) is 143 cm³/mol. The number of alkyl halides is 2. The third kappa shape index (κ3) is 4.20. The summed E-state index contributed by atoms with van der Waals surface area (Å²) in [6.45, 7) is 3.57. The van der Waals surface area contributed by atoms with Crippen LogP contribution in [-0.4, -0.2) is 49.9 Å². The number of pyridine rings is 2. The smallest absolute Gasteiger partial charge is 0.318 e. The number of nitrogens with two attached hydrogens (primary N) is 1. The topological polar surface area (TPSA) is 128 Å². The quantitative estimate of drug-likeness (QED) is 0.246. The molecule has 1 aliphatic rings. The molecule has 0 fully saturated rings. The first kappa shape index (κ1) is 26.7. The lowest BCUT2D eigenvalue weighted by molar-refractivity contribution is 0.152. The van der Waals surface area contributed by atoms with E-state index < -0.39 is 41.4 Å². The first-order valence-electron chi connectivity index (χ1n) is 12.3. The number of hydrogen-bond donors (Lipinski definition) is 2. The molecule has 0 radical (unpaired) electrons. The zero-order valence-electron chi connectivity index (χ0n) is 21.7. The van der Waals surface area contributed by atoms with E-state index in [2.05, 4.69) is 30.1 Å². The van der Waals surface area contributed by atoms with Crippen molar-refractivity contribution in [3.05, 3.63) is 52.3 Å². The minimum Gasteiger partial charge on any atom is -0.475 e. The van der Waals surface area contributed by atoms with Crippen LogP contribution in [0.3, 0.4) is 0 Å². The molecule has 4 aromatic heterocycles. The van der Waals surface area contributed by atoms with Crippen molar-refractivity contribution >= 4 is 45.0 Å². The number of rotatable bonds is 5. The van der Waals surface area contributed by atoms with Gasteiger partial charge in [-0.15, -0.1) is 0 Å². The molecule has 0 aliphatic carbocycles. The van der Waals surface area contributed by atoms with Crippen molar-refractivity contribution in [3.63, 3.8) is 0 Å². The van der Waals surface area contributed by atoms with Crippen molar-refractivity contribution in [3.8, 4) is 23.1 Å². The molecule has 1 unspecified atom stereocenters.